The van der Waals surface area contributed by atoms with Crippen LogP contribution in [0.4, 0.5) is 0 Å². The molecule has 0 saturated heterocycles. The van der Waals surface area contributed by atoms with Crippen molar-refractivity contribution in [3.63, 3.8) is 0 Å². The number of nitrogens with zero attached hydrogens (tertiary/aromatic N) is 2. The molecule has 0 N–H and O–H groups in total. The van der Waals surface area contributed by atoms with E-state index in [9.17, 15) is 0 Å². The Bertz CT molecular complexity index is 669. The van der Waals surface area contributed by atoms with Gasteiger partial charge >= 0.3 is 0 Å². The van der Waals surface area contributed by atoms with Crippen molar-refractivity contribution in [2.45, 2.75) is 6.92 Å². The maximum atomic E-state index is 4.35. The predicted octanol–water partition coefficient (Wildman–Crippen LogP) is 3.61. The van der Waals surface area contributed by atoms with Gasteiger partial charge in [-0.15, -0.1) is 0 Å². The summed E-state index contributed by atoms with van der Waals surface area (Å²) < 4.78 is 0. The molecule has 2 aromatic carbocycles. The Morgan fingerprint density at radius 2 is 1.71 bits per heavy atom. The maximum absolute atomic E-state index is 4.35. The summed E-state index contributed by atoms with van der Waals surface area (Å²) in [4.78, 5) is 8.48. The van der Waals surface area contributed by atoms with Crippen LogP contribution in [0.15, 0.2) is 54.9 Å². The van der Waals surface area contributed by atoms with Crippen molar-refractivity contribution < 1.29 is 0 Å². The van der Waals surface area contributed by atoms with Gasteiger partial charge in [-0.2, -0.15) is 0 Å². The fourth-order valence-corrected chi connectivity index (χ4v) is 2.05. The Labute approximate surface area is 100.0 Å². The van der Waals surface area contributed by atoms with E-state index in [0.29, 0.717) is 0 Å². The van der Waals surface area contributed by atoms with Gasteiger partial charge in [0.15, 0.2) is 0 Å². The Balaban J connectivity index is 2.30. The summed E-state index contributed by atoms with van der Waals surface area (Å²) in [6.07, 6.45) is 1.62. The Morgan fingerprint density at radius 1 is 0.882 bits per heavy atom. The molecule has 17 heavy (non-hydrogen) atoms. The van der Waals surface area contributed by atoms with Gasteiger partial charge in [0.05, 0.1) is 5.69 Å². The number of benzene rings is 2. The third-order valence-corrected chi connectivity index (χ3v) is 2.87. The highest BCUT2D eigenvalue weighted by atomic mass is 14.8. The molecule has 0 saturated carbocycles. The Hall–Kier alpha value is -2.22. The minimum atomic E-state index is 0.981. The van der Waals surface area contributed by atoms with E-state index in [0.717, 1.165) is 17.0 Å². The van der Waals surface area contributed by atoms with Crippen molar-refractivity contribution in [3.8, 4) is 11.3 Å². The van der Waals surface area contributed by atoms with Crippen LogP contribution in [0, 0.1) is 6.92 Å². The van der Waals surface area contributed by atoms with Crippen LogP contribution in [0.25, 0.3) is 22.0 Å². The fraction of sp³-hybridized carbons (Fsp3) is 0.0667. The molecule has 0 bridgehead atoms. The lowest BCUT2D eigenvalue weighted by atomic mass is 10.0. The molecule has 0 atom stereocenters. The van der Waals surface area contributed by atoms with E-state index >= 15 is 0 Å². The van der Waals surface area contributed by atoms with Crippen molar-refractivity contribution in [1.29, 1.82) is 0 Å². The molecular formula is C15H12N2. The Kier molecular flexibility index (Phi) is 2.33. The number of rotatable bonds is 1. The van der Waals surface area contributed by atoms with Crippen LogP contribution in [-0.4, -0.2) is 9.97 Å². The van der Waals surface area contributed by atoms with E-state index in [2.05, 4.69) is 52.4 Å². The van der Waals surface area contributed by atoms with E-state index in [1.54, 1.807) is 6.33 Å². The highest BCUT2D eigenvalue weighted by Gasteiger charge is 2.04. The third-order valence-electron chi connectivity index (χ3n) is 2.87. The molecule has 0 unspecified atom stereocenters. The van der Waals surface area contributed by atoms with Crippen LogP contribution in [0.1, 0.15) is 5.69 Å². The van der Waals surface area contributed by atoms with Crippen molar-refractivity contribution in [3.05, 3.63) is 60.6 Å². The van der Waals surface area contributed by atoms with Crippen LogP contribution in [-0.2, 0) is 0 Å². The minimum Gasteiger partial charge on any atom is -0.242 e. The lowest BCUT2D eigenvalue weighted by Crippen LogP contribution is -1.88. The van der Waals surface area contributed by atoms with Crippen molar-refractivity contribution in [2.75, 3.05) is 0 Å². The van der Waals surface area contributed by atoms with Gasteiger partial charge in [-0.25, -0.2) is 9.97 Å². The first-order chi connectivity index (χ1) is 8.34. The monoisotopic (exact) mass is 220 g/mol. The number of aromatic nitrogens is 2. The van der Waals surface area contributed by atoms with Crippen LogP contribution in [0.3, 0.4) is 0 Å². The minimum absolute atomic E-state index is 0.981. The summed E-state index contributed by atoms with van der Waals surface area (Å²) in [7, 11) is 0. The second kappa shape index (κ2) is 3.98. The zero-order valence-corrected chi connectivity index (χ0v) is 9.59. The standard InChI is InChI=1S/C15H12N2/c1-11-9-15(17-10-16-11)14-8-4-6-12-5-2-3-7-13(12)14/h2-10H,1H3. The molecule has 2 heteroatoms. The molecule has 0 fully saturated rings. The number of hydrogen-bond acceptors (Lipinski definition) is 2. The second-order valence-corrected chi connectivity index (χ2v) is 4.07. The highest BCUT2D eigenvalue weighted by molar-refractivity contribution is 5.95. The van der Waals surface area contributed by atoms with Crippen LogP contribution in [0.5, 0.6) is 0 Å². The summed E-state index contributed by atoms with van der Waals surface area (Å²) in [5.41, 5.74) is 3.13. The molecule has 0 spiro atoms. The van der Waals surface area contributed by atoms with Gasteiger partial charge < -0.3 is 0 Å². The second-order valence-electron chi connectivity index (χ2n) is 4.07. The smallest absolute Gasteiger partial charge is 0.116 e. The van der Waals surface area contributed by atoms with Crippen molar-refractivity contribution >= 4 is 10.8 Å². The summed E-state index contributed by atoms with van der Waals surface area (Å²) in [5, 5.41) is 2.47. The largest absolute Gasteiger partial charge is 0.242 e. The quantitative estimate of drug-likeness (QED) is 0.626. The summed E-state index contributed by atoms with van der Waals surface area (Å²) in [6, 6.07) is 16.7. The first-order valence-corrected chi connectivity index (χ1v) is 5.61. The molecule has 0 radical (unpaired) electrons. The predicted molar refractivity (Wildman–Crippen MR) is 69.7 cm³/mol. The van der Waals surface area contributed by atoms with Crippen molar-refractivity contribution in [1.82, 2.24) is 9.97 Å². The van der Waals surface area contributed by atoms with Crippen LogP contribution in [0.2, 0.25) is 0 Å². The topological polar surface area (TPSA) is 25.8 Å². The molecule has 1 aromatic heterocycles. The zero-order chi connectivity index (χ0) is 11.7. The van der Waals surface area contributed by atoms with E-state index < -0.39 is 0 Å². The summed E-state index contributed by atoms with van der Waals surface area (Å²) in [6.45, 7) is 1.98. The lowest BCUT2D eigenvalue weighted by molar-refractivity contribution is 1.11. The molecule has 0 amide bonds. The van der Waals surface area contributed by atoms with Crippen LogP contribution >= 0.6 is 0 Å². The molecule has 2 nitrogen and oxygen atoms in total. The van der Waals surface area contributed by atoms with E-state index in [4.69, 9.17) is 0 Å². The molecular weight excluding hydrogens is 208 g/mol. The summed E-state index contributed by atoms with van der Waals surface area (Å²) in [5.74, 6) is 0. The maximum Gasteiger partial charge on any atom is 0.116 e. The van der Waals surface area contributed by atoms with Gasteiger partial charge in [-0.3, -0.25) is 0 Å². The third kappa shape index (κ3) is 1.78. The van der Waals surface area contributed by atoms with E-state index in [1.807, 2.05) is 13.0 Å². The fourth-order valence-electron chi connectivity index (χ4n) is 2.05. The summed E-state index contributed by atoms with van der Waals surface area (Å²) >= 11 is 0. The van der Waals surface area contributed by atoms with Gasteiger partial charge in [-0.1, -0.05) is 42.5 Å². The molecule has 3 aromatic rings. The van der Waals surface area contributed by atoms with Crippen molar-refractivity contribution in [2.24, 2.45) is 0 Å². The van der Waals surface area contributed by atoms with Gasteiger partial charge in [0, 0.05) is 11.3 Å². The highest BCUT2D eigenvalue weighted by Crippen LogP contribution is 2.26. The van der Waals surface area contributed by atoms with Crippen LogP contribution < -0.4 is 0 Å². The lowest BCUT2D eigenvalue weighted by Gasteiger charge is -2.06. The zero-order valence-electron chi connectivity index (χ0n) is 9.59. The first kappa shape index (κ1) is 9.97. The average molecular weight is 220 g/mol. The number of fused-ring (bicyclic) bond motifs is 1. The number of hydrogen-bond donors (Lipinski definition) is 0. The van der Waals surface area contributed by atoms with Gasteiger partial charge in [0.25, 0.3) is 0 Å². The molecule has 1 heterocycles. The molecule has 82 valence electrons. The van der Waals surface area contributed by atoms with E-state index in [1.165, 1.54) is 10.8 Å². The van der Waals surface area contributed by atoms with E-state index in [-0.39, 0.29) is 0 Å². The first-order valence-electron chi connectivity index (χ1n) is 5.61. The number of aryl methyl sites for hydroxylation is 1. The van der Waals surface area contributed by atoms with Gasteiger partial charge in [-0.05, 0) is 23.8 Å². The average Bonchev–Trinajstić information content (AvgIpc) is 2.38. The molecule has 3 rings (SSSR count). The Morgan fingerprint density at radius 3 is 2.59 bits per heavy atom. The molecule has 0 aliphatic rings. The van der Waals surface area contributed by atoms with Gasteiger partial charge in [0.2, 0.25) is 0 Å². The molecule has 0 aliphatic heterocycles. The van der Waals surface area contributed by atoms with Gasteiger partial charge in [0.1, 0.15) is 6.33 Å². The normalized spacial score (nSPS) is 10.6. The SMILES string of the molecule is Cc1cc(-c2cccc3ccccc23)ncn1. The molecule has 0 aliphatic carbocycles.